The van der Waals surface area contributed by atoms with Crippen molar-refractivity contribution in [3.8, 4) is 0 Å². The molecule has 144 valence electrons. The number of carbonyl (C=O) groups excluding carboxylic acids is 2. The number of nitrogens with zero attached hydrogens (tertiary/aromatic N) is 1. The summed E-state index contributed by atoms with van der Waals surface area (Å²) in [7, 11) is 0. The maximum absolute atomic E-state index is 12.3. The molecule has 0 spiro atoms. The van der Waals surface area contributed by atoms with Crippen LogP contribution in [0.3, 0.4) is 0 Å². The molecule has 1 aliphatic rings. The molecular formula is C22H29N3O2. The van der Waals surface area contributed by atoms with E-state index in [0.29, 0.717) is 18.3 Å². The molecule has 5 nitrogen and oxygen atoms in total. The Morgan fingerprint density at radius 2 is 1.85 bits per heavy atom. The summed E-state index contributed by atoms with van der Waals surface area (Å²) in [6, 6.07) is 9.83. The molecule has 1 atom stereocenters. The van der Waals surface area contributed by atoms with Gasteiger partial charge in [0.15, 0.2) is 0 Å². The van der Waals surface area contributed by atoms with Gasteiger partial charge in [-0.1, -0.05) is 32.0 Å². The van der Waals surface area contributed by atoms with Gasteiger partial charge >= 0.3 is 0 Å². The zero-order valence-electron chi connectivity index (χ0n) is 16.2. The maximum atomic E-state index is 12.3. The second-order valence-electron chi connectivity index (χ2n) is 8.03. The molecule has 0 bridgehead atoms. The third-order valence-electron chi connectivity index (χ3n) is 5.73. The number of nitrogens with one attached hydrogen (secondary N) is 1. The van der Waals surface area contributed by atoms with Crippen molar-refractivity contribution in [2.75, 3.05) is 0 Å². The summed E-state index contributed by atoms with van der Waals surface area (Å²) in [6.07, 6.45) is 6.58. The molecule has 1 fully saturated rings. The molecule has 2 aromatic rings. The van der Waals surface area contributed by atoms with E-state index in [2.05, 4.69) is 34.6 Å². The molecule has 0 unspecified atom stereocenters. The maximum Gasteiger partial charge on any atom is 0.240 e. The lowest BCUT2D eigenvalue weighted by molar-refractivity contribution is -0.129. The molecule has 0 radical (unpaired) electrons. The van der Waals surface area contributed by atoms with Gasteiger partial charge in [-0.05, 0) is 61.1 Å². The summed E-state index contributed by atoms with van der Waals surface area (Å²) >= 11 is 0. The van der Waals surface area contributed by atoms with E-state index in [1.54, 1.807) is 0 Å². The van der Waals surface area contributed by atoms with Gasteiger partial charge in [0, 0.05) is 18.0 Å². The Bertz CT molecular complexity index is 805. The average Bonchev–Trinajstić information content (AvgIpc) is 2.66. The van der Waals surface area contributed by atoms with Gasteiger partial charge in [-0.25, -0.2) is 0 Å². The summed E-state index contributed by atoms with van der Waals surface area (Å²) in [4.78, 5) is 28.3. The van der Waals surface area contributed by atoms with Crippen LogP contribution >= 0.6 is 0 Å². The molecule has 27 heavy (non-hydrogen) atoms. The van der Waals surface area contributed by atoms with Crippen LogP contribution in [-0.2, 0) is 9.59 Å². The smallest absolute Gasteiger partial charge is 0.240 e. The third-order valence-corrected chi connectivity index (χ3v) is 5.73. The number of aromatic nitrogens is 1. The Morgan fingerprint density at radius 3 is 2.52 bits per heavy atom. The Balaban J connectivity index is 1.57. The molecule has 3 N–H and O–H groups in total. The van der Waals surface area contributed by atoms with Gasteiger partial charge in [0.2, 0.25) is 11.8 Å². The van der Waals surface area contributed by atoms with Gasteiger partial charge < -0.3 is 11.1 Å². The van der Waals surface area contributed by atoms with Crippen molar-refractivity contribution in [2.24, 2.45) is 17.6 Å². The number of hydrogen-bond donors (Lipinski definition) is 2. The van der Waals surface area contributed by atoms with Crippen LogP contribution in [0.15, 0.2) is 36.5 Å². The van der Waals surface area contributed by atoms with Crippen molar-refractivity contribution in [1.29, 1.82) is 0 Å². The SMILES string of the molecule is CC(C)[C@H](NC(=O)CC1CCC(c2ccnc3ccccc23)CC1)C(N)=O. The normalized spacial score (nSPS) is 21.1. The van der Waals surface area contributed by atoms with Crippen LogP contribution < -0.4 is 11.1 Å². The van der Waals surface area contributed by atoms with Gasteiger partial charge in [0.1, 0.15) is 6.04 Å². The van der Waals surface area contributed by atoms with E-state index in [9.17, 15) is 9.59 Å². The molecule has 1 aromatic carbocycles. The highest BCUT2D eigenvalue weighted by Gasteiger charge is 2.27. The Kier molecular flexibility index (Phi) is 6.09. The number of fused-ring (bicyclic) bond motifs is 1. The average molecular weight is 367 g/mol. The topological polar surface area (TPSA) is 85.1 Å². The lowest BCUT2D eigenvalue weighted by Crippen LogP contribution is -2.48. The van der Waals surface area contributed by atoms with E-state index in [4.69, 9.17) is 5.73 Å². The summed E-state index contributed by atoms with van der Waals surface area (Å²) in [6.45, 7) is 3.78. The van der Waals surface area contributed by atoms with E-state index >= 15 is 0 Å². The van der Waals surface area contributed by atoms with Crippen LogP contribution in [0.4, 0.5) is 0 Å². The van der Waals surface area contributed by atoms with Gasteiger partial charge in [0.05, 0.1) is 5.52 Å². The summed E-state index contributed by atoms with van der Waals surface area (Å²) in [5.41, 5.74) is 7.80. The number of nitrogens with two attached hydrogens (primary N) is 1. The Labute approximate surface area is 160 Å². The molecular weight excluding hydrogens is 338 g/mol. The fraction of sp³-hybridized carbons (Fsp3) is 0.500. The molecule has 1 aliphatic carbocycles. The second kappa shape index (κ2) is 8.51. The minimum atomic E-state index is -0.586. The highest BCUT2D eigenvalue weighted by molar-refractivity contribution is 5.86. The molecule has 2 amide bonds. The third kappa shape index (κ3) is 4.65. The van der Waals surface area contributed by atoms with E-state index in [-0.39, 0.29) is 11.8 Å². The first-order valence-electron chi connectivity index (χ1n) is 9.88. The standard InChI is InChI=1S/C22H29N3O2/c1-14(2)21(22(23)27)25-20(26)13-15-7-9-16(10-8-15)17-11-12-24-19-6-4-3-5-18(17)19/h3-6,11-12,14-16,21H,7-10,13H2,1-2H3,(H2,23,27)(H,25,26)/t15?,16?,21-/m0/s1. The van der Waals surface area contributed by atoms with Crippen molar-refractivity contribution >= 4 is 22.7 Å². The number of hydrogen-bond acceptors (Lipinski definition) is 3. The summed E-state index contributed by atoms with van der Waals surface area (Å²) < 4.78 is 0. The molecule has 0 aliphatic heterocycles. The van der Waals surface area contributed by atoms with Crippen LogP contribution in [-0.4, -0.2) is 22.8 Å². The first-order chi connectivity index (χ1) is 13.0. The van der Waals surface area contributed by atoms with Crippen LogP contribution in [0.1, 0.15) is 57.4 Å². The van der Waals surface area contributed by atoms with Crippen molar-refractivity contribution in [2.45, 2.75) is 57.9 Å². The zero-order chi connectivity index (χ0) is 19.4. The minimum Gasteiger partial charge on any atom is -0.368 e. The summed E-state index contributed by atoms with van der Waals surface area (Å²) in [5, 5.41) is 4.05. The number of benzene rings is 1. The lowest BCUT2D eigenvalue weighted by atomic mass is 9.77. The van der Waals surface area contributed by atoms with Crippen LogP contribution in [0.5, 0.6) is 0 Å². The second-order valence-corrected chi connectivity index (χ2v) is 8.03. The molecule has 5 heteroatoms. The van der Waals surface area contributed by atoms with Crippen molar-refractivity contribution in [1.82, 2.24) is 10.3 Å². The first-order valence-corrected chi connectivity index (χ1v) is 9.88. The van der Waals surface area contributed by atoms with Gasteiger partial charge in [-0.2, -0.15) is 0 Å². The Morgan fingerprint density at radius 1 is 1.15 bits per heavy atom. The van der Waals surface area contributed by atoms with Gasteiger partial charge in [-0.15, -0.1) is 0 Å². The number of para-hydroxylation sites is 1. The Hall–Kier alpha value is -2.43. The van der Waals surface area contributed by atoms with E-state index < -0.39 is 11.9 Å². The van der Waals surface area contributed by atoms with E-state index in [1.807, 2.05) is 26.1 Å². The molecule has 1 saturated carbocycles. The number of primary amides is 1. The van der Waals surface area contributed by atoms with Gasteiger partial charge in [-0.3, -0.25) is 14.6 Å². The monoisotopic (exact) mass is 367 g/mol. The number of pyridine rings is 1. The van der Waals surface area contributed by atoms with E-state index in [0.717, 1.165) is 31.2 Å². The molecule has 3 rings (SSSR count). The van der Waals surface area contributed by atoms with E-state index in [1.165, 1.54) is 10.9 Å². The largest absolute Gasteiger partial charge is 0.368 e. The fourth-order valence-electron chi connectivity index (χ4n) is 4.21. The lowest BCUT2D eigenvalue weighted by Gasteiger charge is -2.29. The van der Waals surface area contributed by atoms with Crippen LogP contribution in [0.25, 0.3) is 10.9 Å². The van der Waals surface area contributed by atoms with Crippen molar-refractivity contribution in [3.05, 3.63) is 42.1 Å². The first kappa shape index (κ1) is 19.3. The predicted octanol–water partition coefficient (Wildman–Crippen LogP) is 3.52. The fourth-order valence-corrected chi connectivity index (χ4v) is 4.21. The molecule has 1 aromatic heterocycles. The number of carbonyl (C=O) groups is 2. The van der Waals surface area contributed by atoms with Crippen molar-refractivity contribution < 1.29 is 9.59 Å². The highest BCUT2D eigenvalue weighted by atomic mass is 16.2. The number of rotatable bonds is 6. The van der Waals surface area contributed by atoms with Crippen LogP contribution in [0.2, 0.25) is 0 Å². The molecule has 1 heterocycles. The number of amides is 2. The molecule has 0 saturated heterocycles. The predicted molar refractivity (Wildman–Crippen MR) is 107 cm³/mol. The summed E-state index contributed by atoms with van der Waals surface area (Å²) in [5.74, 6) is 0.361. The highest BCUT2D eigenvalue weighted by Crippen LogP contribution is 2.39. The van der Waals surface area contributed by atoms with Crippen molar-refractivity contribution in [3.63, 3.8) is 0 Å². The quantitative estimate of drug-likeness (QED) is 0.819. The zero-order valence-corrected chi connectivity index (χ0v) is 16.2. The van der Waals surface area contributed by atoms with Gasteiger partial charge in [0.25, 0.3) is 0 Å². The van der Waals surface area contributed by atoms with Crippen LogP contribution in [0, 0.1) is 11.8 Å². The minimum absolute atomic E-state index is 0.00200.